The van der Waals surface area contributed by atoms with E-state index in [-0.39, 0.29) is 30.7 Å². The number of halogens is 1. The van der Waals surface area contributed by atoms with Crippen LogP contribution in [0.5, 0.6) is 0 Å². The van der Waals surface area contributed by atoms with Crippen LogP contribution >= 0.6 is 11.6 Å². The standard InChI is InChI=1S/C19H25ClN4O3/c20-13-4-5-16(23-7-2-1-3-8-23)14(10-13)22-19(26)24-9-6-17-15(11-24)21-18(25)12-27-17/h4-5,10,15,17H,1-3,6-9,11-12H2,(H,21,25)(H,22,26)/t15-,17-/m0/s1. The zero-order valence-corrected chi connectivity index (χ0v) is 16.0. The first-order chi connectivity index (χ1) is 13.1. The Labute approximate surface area is 164 Å². The fourth-order valence-corrected chi connectivity index (χ4v) is 4.27. The van der Waals surface area contributed by atoms with Gasteiger partial charge in [0, 0.05) is 31.2 Å². The summed E-state index contributed by atoms with van der Waals surface area (Å²) >= 11 is 6.18. The minimum absolute atomic E-state index is 0.0122. The molecule has 0 radical (unpaired) electrons. The van der Waals surface area contributed by atoms with Crippen molar-refractivity contribution in [3.63, 3.8) is 0 Å². The van der Waals surface area contributed by atoms with Gasteiger partial charge >= 0.3 is 6.03 Å². The van der Waals surface area contributed by atoms with E-state index in [1.165, 1.54) is 6.42 Å². The van der Waals surface area contributed by atoms with Gasteiger partial charge in [0.25, 0.3) is 0 Å². The van der Waals surface area contributed by atoms with Gasteiger partial charge in [-0.05, 0) is 43.9 Å². The van der Waals surface area contributed by atoms with Crippen molar-refractivity contribution in [1.29, 1.82) is 0 Å². The Morgan fingerprint density at radius 3 is 2.85 bits per heavy atom. The van der Waals surface area contributed by atoms with Gasteiger partial charge in [-0.1, -0.05) is 11.6 Å². The summed E-state index contributed by atoms with van der Waals surface area (Å²) in [5.41, 5.74) is 1.75. The van der Waals surface area contributed by atoms with Gasteiger partial charge in [-0.3, -0.25) is 4.79 Å². The molecule has 3 heterocycles. The molecular weight excluding hydrogens is 368 g/mol. The van der Waals surface area contributed by atoms with Gasteiger partial charge in [-0.15, -0.1) is 0 Å². The molecule has 2 N–H and O–H groups in total. The first kappa shape index (κ1) is 18.4. The molecule has 27 heavy (non-hydrogen) atoms. The van der Waals surface area contributed by atoms with E-state index >= 15 is 0 Å². The van der Waals surface area contributed by atoms with E-state index in [4.69, 9.17) is 16.3 Å². The van der Waals surface area contributed by atoms with Crippen LogP contribution in [0.3, 0.4) is 0 Å². The van der Waals surface area contributed by atoms with Gasteiger partial charge < -0.3 is 25.2 Å². The molecule has 3 aliphatic rings. The summed E-state index contributed by atoms with van der Waals surface area (Å²) < 4.78 is 5.56. The predicted molar refractivity (Wildman–Crippen MR) is 104 cm³/mol. The summed E-state index contributed by atoms with van der Waals surface area (Å²) in [6, 6.07) is 5.33. The van der Waals surface area contributed by atoms with Gasteiger partial charge in [0.15, 0.2) is 0 Å². The van der Waals surface area contributed by atoms with Crippen LogP contribution < -0.4 is 15.5 Å². The van der Waals surface area contributed by atoms with Crippen LogP contribution in [0.25, 0.3) is 0 Å². The number of likely N-dealkylation sites (tertiary alicyclic amines) is 1. The van der Waals surface area contributed by atoms with Crippen LogP contribution in [0.15, 0.2) is 18.2 Å². The first-order valence-electron chi connectivity index (χ1n) is 9.61. The summed E-state index contributed by atoms with van der Waals surface area (Å²) in [6.45, 7) is 3.13. The lowest BCUT2D eigenvalue weighted by molar-refractivity contribution is -0.139. The topological polar surface area (TPSA) is 73.9 Å². The number of nitrogens with zero attached hydrogens (tertiary/aromatic N) is 2. The van der Waals surface area contributed by atoms with Crippen LogP contribution in [0.2, 0.25) is 5.02 Å². The Bertz CT molecular complexity index is 723. The molecular formula is C19H25ClN4O3. The number of hydrogen-bond donors (Lipinski definition) is 2. The number of fused-ring (bicyclic) bond motifs is 1. The molecule has 0 aliphatic carbocycles. The zero-order chi connectivity index (χ0) is 18.8. The molecule has 4 rings (SSSR count). The monoisotopic (exact) mass is 392 g/mol. The number of anilines is 2. The van der Waals surface area contributed by atoms with Gasteiger partial charge in [0.2, 0.25) is 5.91 Å². The number of carbonyl (C=O) groups is 2. The molecule has 0 bridgehead atoms. The molecule has 3 aliphatic heterocycles. The maximum atomic E-state index is 12.9. The molecule has 0 unspecified atom stereocenters. The van der Waals surface area contributed by atoms with E-state index in [9.17, 15) is 9.59 Å². The molecule has 1 aromatic carbocycles. The second-order valence-electron chi connectivity index (χ2n) is 7.40. The normalized spacial score (nSPS) is 25.6. The lowest BCUT2D eigenvalue weighted by Gasteiger charge is -2.41. The fraction of sp³-hybridized carbons (Fsp3) is 0.579. The molecule has 0 saturated carbocycles. The van der Waals surface area contributed by atoms with Crippen molar-refractivity contribution >= 4 is 34.9 Å². The molecule has 0 aromatic heterocycles. The maximum absolute atomic E-state index is 12.9. The van der Waals surface area contributed by atoms with Crippen LogP contribution in [0, 0.1) is 0 Å². The van der Waals surface area contributed by atoms with Crippen molar-refractivity contribution in [3.8, 4) is 0 Å². The number of rotatable bonds is 2. The van der Waals surface area contributed by atoms with Crippen molar-refractivity contribution in [1.82, 2.24) is 10.2 Å². The maximum Gasteiger partial charge on any atom is 0.321 e. The Balaban J connectivity index is 1.46. The molecule has 2 atom stereocenters. The lowest BCUT2D eigenvalue weighted by Crippen LogP contribution is -2.61. The SMILES string of the molecule is O=C1CO[C@H]2CCN(C(=O)Nc3cc(Cl)ccc3N3CCCCC3)C[C@@H]2N1. The van der Waals surface area contributed by atoms with Crippen LogP contribution in [0.1, 0.15) is 25.7 Å². The summed E-state index contributed by atoms with van der Waals surface area (Å²) in [5, 5.41) is 6.55. The Kier molecular flexibility index (Phi) is 5.41. The molecule has 3 amide bonds. The highest BCUT2D eigenvalue weighted by atomic mass is 35.5. The van der Waals surface area contributed by atoms with Crippen LogP contribution in [-0.2, 0) is 9.53 Å². The Morgan fingerprint density at radius 2 is 2.04 bits per heavy atom. The number of ether oxygens (including phenoxy) is 1. The third-order valence-electron chi connectivity index (χ3n) is 5.51. The van der Waals surface area contributed by atoms with Crippen molar-refractivity contribution in [2.45, 2.75) is 37.8 Å². The predicted octanol–water partition coefficient (Wildman–Crippen LogP) is 2.45. The Hall–Kier alpha value is -1.99. The molecule has 7 nitrogen and oxygen atoms in total. The van der Waals surface area contributed by atoms with Crippen LogP contribution in [0.4, 0.5) is 16.2 Å². The second-order valence-corrected chi connectivity index (χ2v) is 7.83. The molecule has 8 heteroatoms. The second kappa shape index (κ2) is 7.94. The van der Waals surface area contributed by atoms with Crippen LogP contribution in [-0.4, -0.2) is 61.8 Å². The number of amides is 3. The summed E-state index contributed by atoms with van der Waals surface area (Å²) in [7, 11) is 0. The average molecular weight is 393 g/mol. The minimum atomic E-state index is -0.172. The smallest absolute Gasteiger partial charge is 0.321 e. The van der Waals surface area contributed by atoms with Gasteiger partial charge in [0.1, 0.15) is 6.61 Å². The van der Waals surface area contributed by atoms with Gasteiger partial charge in [-0.2, -0.15) is 0 Å². The third kappa shape index (κ3) is 4.14. The number of hydrogen-bond acceptors (Lipinski definition) is 4. The minimum Gasteiger partial charge on any atom is -0.370 e. The summed E-state index contributed by atoms with van der Waals surface area (Å²) in [4.78, 5) is 28.5. The highest BCUT2D eigenvalue weighted by Crippen LogP contribution is 2.31. The van der Waals surface area contributed by atoms with E-state index in [1.807, 2.05) is 18.2 Å². The van der Waals surface area contributed by atoms with E-state index in [1.54, 1.807) is 4.90 Å². The van der Waals surface area contributed by atoms with E-state index in [0.29, 0.717) is 24.5 Å². The van der Waals surface area contributed by atoms with Crippen molar-refractivity contribution < 1.29 is 14.3 Å². The van der Waals surface area contributed by atoms with E-state index < -0.39 is 0 Å². The summed E-state index contributed by atoms with van der Waals surface area (Å²) in [6.07, 6.45) is 4.26. The number of morpholine rings is 1. The summed E-state index contributed by atoms with van der Waals surface area (Å²) in [5.74, 6) is -0.124. The number of nitrogens with one attached hydrogen (secondary N) is 2. The molecule has 1 aromatic rings. The largest absolute Gasteiger partial charge is 0.370 e. The molecule has 3 saturated heterocycles. The van der Waals surface area contributed by atoms with Gasteiger partial charge in [0.05, 0.1) is 23.5 Å². The van der Waals surface area contributed by atoms with Crippen molar-refractivity contribution in [3.05, 3.63) is 23.2 Å². The highest BCUT2D eigenvalue weighted by molar-refractivity contribution is 6.31. The quantitative estimate of drug-likeness (QED) is 0.810. The number of carbonyl (C=O) groups excluding carboxylic acids is 2. The average Bonchev–Trinajstić information content (AvgIpc) is 2.68. The number of urea groups is 1. The van der Waals surface area contributed by atoms with Crippen molar-refractivity contribution in [2.24, 2.45) is 0 Å². The number of piperidine rings is 2. The first-order valence-corrected chi connectivity index (χ1v) is 9.99. The van der Waals surface area contributed by atoms with E-state index in [2.05, 4.69) is 15.5 Å². The number of benzene rings is 1. The Morgan fingerprint density at radius 1 is 1.22 bits per heavy atom. The molecule has 3 fully saturated rings. The third-order valence-corrected chi connectivity index (χ3v) is 5.74. The molecule has 0 spiro atoms. The fourth-order valence-electron chi connectivity index (χ4n) is 4.10. The lowest BCUT2D eigenvalue weighted by atomic mass is 10.0. The highest BCUT2D eigenvalue weighted by Gasteiger charge is 2.36. The molecule has 146 valence electrons. The van der Waals surface area contributed by atoms with E-state index in [0.717, 1.165) is 37.3 Å². The van der Waals surface area contributed by atoms with Crippen molar-refractivity contribution in [2.75, 3.05) is 43.0 Å². The van der Waals surface area contributed by atoms with Gasteiger partial charge in [-0.25, -0.2) is 4.79 Å². The zero-order valence-electron chi connectivity index (χ0n) is 15.2.